The molecule has 100 valence electrons. The van der Waals surface area contributed by atoms with Crippen molar-refractivity contribution in [2.24, 2.45) is 5.73 Å². The Morgan fingerprint density at radius 3 is 2.53 bits per heavy atom. The lowest BCUT2D eigenvalue weighted by molar-refractivity contribution is 0.583. The first-order chi connectivity index (χ1) is 9.13. The van der Waals surface area contributed by atoms with Crippen LogP contribution in [0, 0.1) is 5.82 Å². The van der Waals surface area contributed by atoms with E-state index in [9.17, 15) is 4.39 Å². The van der Waals surface area contributed by atoms with Crippen LogP contribution in [-0.2, 0) is 6.54 Å². The monoisotopic (exact) mass is 260 g/mol. The average molecular weight is 260 g/mol. The van der Waals surface area contributed by atoms with Crippen LogP contribution in [0.4, 0.5) is 10.2 Å². The molecule has 0 aliphatic carbocycles. The molecule has 19 heavy (non-hydrogen) atoms. The van der Waals surface area contributed by atoms with Gasteiger partial charge in [-0.05, 0) is 25.1 Å². The first-order valence-electron chi connectivity index (χ1n) is 6.13. The normalized spacial score (nSPS) is 12.2. The predicted octanol–water partition coefficient (Wildman–Crippen LogP) is 2.27. The van der Waals surface area contributed by atoms with Crippen molar-refractivity contribution in [3.63, 3.8) is 0 Å². The number of hydrogen-bond donors (Lipinski definition) is 1. The zero-order valence-corrected chi connectivity index (χ0v) is 11.0. The Kier molecular flexibility index (Phi) is 4.06. The number of benzene rings is 1. The third-order valence-electron chi connectivity index (χ3n) is 3.21. The largest absolute Gasteiger partial charge is 0.351 e. The number of nitrogens with zero attached hydrogens (tertiary/aromatic N) is 3. The molecule has 0 amide bonds. The van der Waals surface area contributed by atoms with Gasteiger partial charge in [0.2, 0.25) is 0 Å². The van der Waals surface area contributed by atoms with E-state index in [1.165, 1.54) is 6.07 Å². The molecular formula is C14H17FN4. The van der Waals surface area contributed by atoms with Crippen LogP contribution in [-0.4, -0.2) is 17.2 Å². The average Bonchev–Trinajstić information content (AvgIpc) is 2.46. The first-order valence-corrected chi connectivity index (χ1v) is 6.13. The number of anilines is 1. The maximum atomic E-state index is 13.8. The number of halogens is 1. The molecule has 0 saturated heterocycles. The second-order valence-electron chi connectivity index (χ2n) is 4.40. The van der Waals surface area contributed by atoms with Crippen molar-refractivity contribution in [1.82, 2.24) is 10.2 Å². The molecule has 1 aromatic carbocycles. The van der Waals surface area contributed by atoms with Gasteiger partial charge in [-0.1, -0.05) is 18.2 Å². The summed E-state index contributed by atoms with van der Waals surface area (Å²) in [6, 6.07) is 10.3. The van der Waals surface area contributed by atoms with E-state index in [2.05, 4.69) is 10.2 Å². The third-order valence-corrected chi connectivity index (χ3v) is 3.21. The number of hydrogen-bond acceptors (Lipinski definition) is 4. The van der Waals surface area contributed by atoms with Gasteiger partial charge in [-0.3, -0.25) is 0 Å². The molecular weight excluding hydrogens is 243 g/mol. The van der Waals surface area contributed by atoms with E-state index in [4.69, 9.17) is 5.73 Å². The van der Waals surface area contributed by atoms with Gasteiger partial charge in [0.05, 0.1) is 11.7 Å². The fourth-order valence-corrected chi connectivity index (χ4v) is 1.87. The van der Waals surface area contributed by atoms with Gasteiger partial charge in [0.25, 0.3) is 0 Å². The zero-order chi connectivity index (χ0) is 13.8. The molecule has 2 rings (SSSR count). The molecule has 1 heterocycles. The Morgan fingerprint density at radius 1 is 1.21 bits per heavy atom. The van der Waals surface area contributed by atoms with Crippen LogP contribution >= 0.6 is 0 Å². The summed E-state index contributed by atoms with van der Waals surface area (Å²) in [5.41, 5.74) is 6.85. The van der Waals surface area contributed by atoms with Crippen molar-refractivity contribution in [2.75, 3.05) is 11.9 Å². The maximum Gasteiger partial charge on any atom is 0.151 e. The molecule has 4 nitrogen and oxygen atoms in total. The Bertz CT molecular complexity index is 541. The number of aromatic nitrogens is 2. The van der Waals surface area contributed by atoms with Crippen LogP contribution < -0.4 is 10.6 Å². The molecule has 2 N–H and O–H groups in total. The second-order valence-corrected chi connectivity index (χ2v) is 4.40. The van der Waals surface area contributed by atoms with E-state index >= 15 is 0 Å². The van der Waals surface area contributed by atoms with Crippen LogP contribution in [0.2, 0.25) is 0 Å². The second kappa shape index (κ2) is 5.75. The van der Waals surface area contributed by atoms with Crippen LogP contribution in [0.5, 0.6) is 0 Å². The molecule has 0 spiro atoms. The highest BCUT2D eigenvalue weighted by molar-refractivity contribution is 5.40. The van der Waals surface area contributed by atoms with Gasteiger partial charge >= 0.3 is 0 Å². The fourth-order valence-electron chi connectivity index (χ4n) is 1.87. The molecule has 2 aromatic rings. The van der Waals surface area contributed by atoms with Crippen LogP contribution in [0.15, 0.2) is 36.4 Å². The van der Waals surface area contributed by atoms with Gasteiger partial charge in [-0.25, -0.2) is 4.39 Å². The lowest BCUT2D eigenvalue weighted by atomic mass is 10.1. The smallest absolute Gasteiger partial charge is 0.151 e. The van der Waals surface area contributed by atoms with Crippen molar-refractivity contribution in [2.45, 2.75) is 19.5 Å². The summed E-state index contributed by atoms with van der Waals surface area (Å²) >= 11 is 0. The number of nitrogens with two attached hydrogens (primary N) is 1. The van der Waals surface area contributed by atoms with Crippen molar-refractivity contribution in [1.29, 1.82) is 0 Å². The van der Waals surface area contributed by atoms with Crippen molar-refractivity contribution in [3.8, 4) is 0 Å². The number of rotatable bonds is 4. The van der Waals surface area contributed by atoms with E-state index in [-0.39, 0.29) is 11.9 Å². The molecule has 1 atom stereocenters. The van der Waals surface area contributed by atoms with E-state index in [1.807, 2.05) is 37.1 Å². The summed E-state index contributed by atoms with van der Waals surface area (Å²) in [4.78, 5) is 1.88. The van der Waals surface area contributed by atoms with Gasteiger partial charge < -0.3 is 10.6 Å². The molecule has 0 saturated carbocycles. The summed E-state index contributed by atoms with van der Waals surface area (Å²) in [6.45, 7) is 2.29. The van der Waals surface area contributed by atoms with E-state index in [0.717, 1.165) is 5.69 Å². The summed E-state index contributed by atoms with van der Waals surface area (Å²) in [7, 11) is 1.86. The SMILES string of the molecule is CC(c1ccccc1F)N(C)c1ccc(CN)nn1. The lowest BCUT2D eigenvalue weighted by Crippen LogP contribution is -2.24. The fraction of sp³-hybridized carbons (Fsp3) is 0.286. The van der Waals surface area contributed by atoms with Crippen LogP contribution in [0.1, 0.15) is 24.2 Å². The highest BCUT2D eigenvalue weighted by Gasteiger charge is 2.16. The van der Waals surface area contributed by atoms with Crippen molar-refractivity contribution >= 4 is 5.82 Å². The van der Waals surface area contributed by atoms with Gasteiger partial charge in [0.15, 0.2) is 5.82 Å². The standard InChI is InChI=1S/C14H17FN4/c1-10(12-5-3-4-6-13(12)15)19(2)14-8-7-11(9-16)17-18-14/h3-8,10H,9,16H2,1-2H3. The zero-order valence-electron chi connectivity index (χ0n) is 11.0. The van der Waals surface area contributed by atoms with E-state index < -0.39 is 0 Å². The Hall–Kier alpha value is -2.01. The van der Waals surface area contributed by atoms with E-state index in [1.54, 1.807) is 12.1 Å². The first kappa shape index (κ1) is 13.4. The molecule has 5 heteroatoms. The van der Waals surface area contributed by atoms with Crippen LogP contribution in [0.25, 0.3) is 0 Å². The lowest BCUT2D eigenvalue weighted by Gasteiger charge is -2.26. The Labute approximate surface area is 112 Å². The molecule has 0 radical (unpaired) electrons. The highest BCUT2D eigenvalue weighted by atomic mass is 19.1. The summed E-state index contributed by atoms with van der Waals surface area (Å²) in [5.74, 6) is 0.473. The topological polar surface area (TPSA) is 55.0 Å². The molecule has 0 bridgehead atoms. The maximum absolute atomic E-state index is 13.8. The third kappa shape index (κ3) is 2.88. The Morgan fingerprint density at radius 2 is 1.95 bits per heavy atom. The van der Waals surface area contributed by atoms with Crippen molar-refractivity contribution in [3.05, 3.63) is 53.5 Å². The van der Waals surface area contributed by atoms with Gasteiger partial charge in [-0.15, -0.1) is 5.10 Å². The molecule has 1 aromatic heterocycles. The minimum absolute atomic E-state index is 0.126. The highest BCUT2D eigenvalue weighted by Crippen LogP contribution is 2.25. The van der Waals surface area contributed by atoms with E-state index in [0.29, 0.717) is 17.9 Å². The minimum Gasteiger partial charge on any atom is -0.351 e. The van der Waals surface area contributed by atoms with Gasteiger partial charge in [-0.2, -0.15) is 5.10 Å². The minimum atomic E-state index is -0.214. The predicted molar refractivity (Wildman–Crippen MR) is 73.1 cm³/mol. The van der Waals surface area contributed by atoms with Crippen LogP contribution in [0.3, 0.4) is 0 Å². The molecule has 0 fully saturated rings. The molecule has 0 aliphatic rings. The summed E-state index contributed by atoms with van der Waals surface area (Å²) in [5, 5.41) is 8.11. The quantitative estimate of drug-likeness (QED) is 0.916. The van der Waals surface area contributed by atoms with Gasteiger partial charge in [0.1, 0.15) is 5.82 Å². The Balaban J connectivity index is 2.23. The van der Waals surface area contributed by atoms with Gasteiger partial charge in [0, 0.05) is 19.2 Å². The van der Waals surface area contributed by atoms with Crippen molar-refractivity contribution < 1.29 is 4.39 Å². The summed E-state index contributed by atoms with van der Waals surface area (Å²) in [6.07, 6.45) is 0. The summed E-state index contributed by atoms with van der Waals surface area (Å²) < 4.78 is 13.8. The molecule has 0 aliphatic heterocycles. The molecule has 1 unspecified atom stereocenters.